The summed E-state index contributed by atoms with van der Waals surface area (Å²) in [6.07, 6.45) is 3.03. The zero-order valence-corrected chi connectivity index (χ0v) is 16.2. The fourth-order valence-electron chi connectivity index (χ4n) is 3.91. The normalized spacial score (nSPS) is 25.5. The number of anilines is 1. The Morgan fingerprint density at radius 2 is 2.00 bits per heavy atom. The summed E-state index contributed by atoms with van der Waals surface area (Å²) >= 11 is 0. The van der Waals surface area contributed by atoms with Gasteiger partial charge >= 0.3 is 0 Å². The lowest BCUT2D eigenvalue weighted by Crippen LogP contribution is -2.54. The van der Waals surface area contributed by atoms with Crippen molar-refractivity contribution >= 4 is 11.7 Å². The smallest absolute Gasteiger partial charge is 0.273 e. The molecule has 2 saturated heterocycles. The molecule has 0 aliphatic carbocycles. The first-order chi connectivity index (χ1) is 12.3. The number of aromatic nitrogens is 2. The third-order valence-electron chi connectivity index (χ3n) is 5.53. The van der Waals surface area contributed by atoms with E-state index in [1.54, 1.807) is 20.2 Å². The molecular weight excluding hydrogens is 332 g/mol. The maximum atomic E-state index is 11.9. The van der Waals surface area contributed by atoms with Crippen LogP contribution in [0, 0.1) is 5.92 Å². The number of aliphatic hydroxyl groups is 1. The van der Waals surface area contributed by atoms with Crippen molar-refractivity contribution in [2.75, 3.05) is 32.1 Å². The first-order valence-electron chi connectivity index (χ1n) is 9.46. The van der Waals surface area contributed by atoms with Crippen LogP contribution in [0.3, 0.4) is 0 Å². The summed E-state index contributed by atoms with van der Waals surface area (Å²) in [5, 5.41) is 18.6. The number of rotatable bonds is 3. The van der Waals surface area contributed by atoms with Gasteiger partial charge < -0.3 is 19.6 Å². The van der Waals surface area contributed by atoms with Gasteiger partial charge in [-0.2, -0.15) is 0 Å². The lowest BCUT2D eigenvalue weighted by molar-refractivity contribution is -0.183. The van der Waals surface area contributed by atoms with Gasteiger partial charge in [-0.15, -0.1) is 10.2 Å². The summed E-state index contributed by atoms with van der Waals surface area (Å²) in [6.45, 7) is 5.93. The third kappa shape index (κ3) is 3.99. The van der Waals surface area contributed by atoms with E-state index >= 15 is 0 Å². The molecule has 0 bridgehead atoms. The monoisotopic (exact) mass is 362 g/mol. The fourth-order valence-corrected chi connectivity index (χ4v) is 3.91. The van der Waals surface area contributed by atoms with Crippen LogP contribution < -0.4 is 4.90 Å². The van der Waals surface area contributed by atoms with Crippen LogP contribution in [-0.4, -0.2) is 71.1 Å². The summed E-state index contributed by atoms with van der Waals surface area (Å²) in [4.78, 5) is 15.6. The highest BCUT2D eigenvalue weighted by Gasteiger charge is 2.44. The van der Waals surface area contributed by atoms with Crippen molar-refractivity contribution < 1.29 is 14.6 Å². The fraction of sp³-hybridized carbons (Fsp3) is 0.737. The van der Waals surface area contributed by atoms with Crippen LogP contribution in [-0.2, 0) is 4.74 Å². The predicted octanol–water partition coefficient (Wildman–Crippen LogP) is 1.71. The number of amides is 1. The van der Waals surface area contributed by atoms with Gasteiger partial charge in [-0.25, -0.2) is 0 Å². The van der Waals surface area contributed by atoms with Gasteiger partial charge in [0, 0.05) is 33.6 Å². The Morgan fingerprint density at radius 3 is 2.54 bits per heavy atom. The van der Waals surface area contributed by atoms with E-state index in [-0.39, 0.29) is 23.7 Å². The lowest BCUT2D eigenvalue weighted by Gasteiger charge is -2.49. The number of ether oxygens (including phenoxy) is 1. The lowest BCUT2D eigenvalue weighted by atomic mass is 9.80. The Kier molecular flexibility index (Phi) is 5.48. The second-order valence-corrected chi connectivity index (χ2v) is 8.14. The van der Waals surface area contributed by atoms with Crippen LogP contribution in [0.4, 0.5) is 5.82 Å². The van der Waals surface area contributed by atoms with E-state index in [0.717, 1.165) is 38.2 Å². The third-order valence-corrected chi connectivity index (χ3v) is 5.53. The van der Waals surface area contributed by atoms with E-state index in [0.29, 0.717) is 18.0 Å². The minimum atomic E-state index is -0.279. The maximum Gasteiger partial charge on any atom is 0.273 e. The maximum absolute atomic E-state index is 11.9. The molecule has 0 saturated carbocycles. The van der Waals surface area contributed by atoms with Gasteiger partial charge in [-0.3, -0.25) is 4.79 Å². The highest BCUT2D eigenvalue weighted by Crippen LogP contribution is 2.39. The van der Waals surface area contributed by atoms with Gasteiger partial charge in [-0.1, -0.05) is 13.8 Å². The number of aliphatic hydroxyl groups excluding tert-OH is 1. The molecule has 0 radical (unpaired) electrons. The molecule has 0 unspecified atom stereocenters. The van der Waals surface area contributed by atoms with Crippen molar-refractivity contribution in [3.63, 3.8) is 0 Å². The largest absolute Gasteiger partial charge is 0.393 e. The zero-order chi connectivity index (χ0) is 18.9. The van der Waals surface area contributed by atoms with Crippen molar-refractivity contribution in [1.82, 2.24) is 15.1 Å². The van der Waals surface area contributed by atoms with Crippen LogP contribution in [0.2, 0.25) is 0 Å². The van der Waals surface area contributed by atoms with Gasteiger partial charge in [0.1, 0.15) is 0 Å². The molecule has 7 nitrogen and oxygen atoms in total. The van der Waals surface area contributed by atoms with Gasteiger partial charge in [0.2, 0.25) is 0 Å². The Balaban J connectivity index is 1.64. The number of carbonyl (C=O) groups is 1. The Morgan fingerprint density at radius 1 is 1.31 bits per heavy atom. The van der Waals surface area contributed by atoms with Crippen LogP contribution in [0.15, 0.2) is 12.1 Å². The minimum Gasteiger partial charge on any atom is -0.393 e. The second kappa shape index (κ2) is 7.48. The number of nitrogens with zero attached hydrogens (tertiary/aromatic N) is 4. The predicted molar refractivity (Wildman–Crippen MR) is 99.2 cm³/mol. The summed E-state index contributed by atoms with van der Waals surface area (Å²) in [6, 6.07) is 3.58. The Labute approximate surface area is 155 Å². The van der Waals surface area contributed by atoms with Crippen LogP contribution in [0.25, 0.3) is 0 Å². The molecule has 1 aromatic rings. The molecule has 1 aromatic heterocycles. The molecule has 1 spiro atoms. The zero-order valence-electron chi connectivity index (χ0n) is 16.2. The average Bonchev–Trinajstić information content (AvgIpc) is 2.61. The molecular formula is C19H30N4O3. The highest BCUT2D eigenvalue weighted by atomic mass is 16.5. The van der Waals surface area contributed by atoms with Crippen LogP contribution in [0.1, 0.15) is 50.0 Å². The molecule has 0 aromatic carbocycles. The Bertz CT molecular complexity index is 624. The van der Waals surface area contributed by atoms with Crippen molar-refractivity contribution in [1.29, 1.82) is 0 Å². The van der Waals surface area contributed by atoms with Gasteiger partial charge in [0.05, 0.1) is 17.8 Å². The summed E-state index contributed by atoms with van der Waals surface area (Å²) in [5.74, 6) is 1.05. The first kappa shape index (κ1) is 19.0. The van der Waals surface area contributed by atoms with E-state index in [1.165, 1.54) is 4.90 Å². The van der Waals surface area contributed by atoms with E-state index in [2.05, 4.69) is 28.9 Å². The van der Waals surface area contributed by atoms with Gasteiger partial charge in [-0.05, 0) is 37.3 Å². The molecule has 1 amide bonds. The van der Waals surface area contributed by atoms with E-state index in [9.17, 15) is 9.90 Å². The number of carbonyl (C=O) groups excluding carboxylic acids is 1. The van der Waals surface area contributed by atoms with E-state index < -0.39 is 0 Å². The van der Waals surface area contributed by atoms with Gasteiger partial charge in [0.25, 0.3) is 5.91 Å². The van der Waals surface area contributed by atoms with Gasteiger partial charge in [0.15, 0.2) is 11.5 Å². The standard InChI is InChI=1S/C19H30N4O3/c1-13(2)16-11-14(24)12-19(26-16)7-9-23(10-8-19)17-6-5-15(20-21-17)18(25)22(3)4/h5-6,13-14,16,24H,7-12H2,1-4H3/t14-,16-/m1/s1. The molecule has 144 valence electrons. The SMILES string of the molecule is CC(C)[C@H]1C[C@@H](O)CC2(CCN(c3ccc(C(=O)N(C)C)nn3)CC2)O1. The second-order valence-electron chi connectivity index (χ2n) is 8.14. The molecule has 2 aliphatic heterocycles. The highest BCUT2D eigenvalue weighted by molar-refractivity contribution is 5.91. The van der Waals surface area contributed by atoms with Crippen molar-refractivity contribution in [3.8, 4) is 0 Å². The first-order valence-corrected chi connectivity index (χ1v) is 9.46. The van der Waals surface area contributed by atoms with Crippen molar-refractivity contribution in [2.24, 2.45) is 5.92 Å². The molecule has 3 rings (SSSR count). The van der Waals surface area contributed by atoms with Crippen LogP contribution in [0.5, 0.6) is 0 Å². The number of hydrogen-bond acceptors (Lipinski definition) is 6. The molecule has 26 heavy (non-hydrogen) atoms. The summed E-state index contributed by atoms with van der Waals surface area (Å²) < 4.78 is 6.43. The molecule has 2 fully saturated rings. The van der Waals surface area contributed by atoms with E-state index in [1.807, 2.05) is 6.07 Å². The average molecular weight is 362 g/mol. The molecule has 1 N–H and O–H groups in total. The molecule has 2 atom stereocenters. The topological polar surface area (TPSA) is 78.8 Å². The molecule has 7 heteroatoms. The Hall–Kier alpha value is -1.73. The summed E-state index contributed by atoms with van der Waals surface area (Å²) in [5.41, 5.74) is 0.128. The minimum absolute atomic E-state index is 0.126. The number of piperidine rings is 1. The summed E-state index contributed by atoms with van der Waals surface area (Å²) in [7, 11) is 3.40. The number of hydrogen-bond donors (Lipinski definition) is 1. The van der Waals surface area contributed by atoms with Crippen molar-refractivity contribution in [3.05, 3.63) is 17.8 Å². The quantitative estimate of drug-likeness (QED) is 0.882. The molecule has 2 aliphatic rings. The van der Waals surface area contributed by atoms with Crippen molar-refractivity contribution in [2.45, 2.75) is 57.3 Å². The van der Waals surface area contributed by atoms with E-state index in [4.69, 9.17) is 4.74 Å². The van der Waals surface area contributed by atoms with Crippen LogP contribution >= 0.6 is 0 Å². The molecule has 3 heterocycles.